The van der Waals surface area contributed by atoms with Crippen molar-refractivity contribution in [2.45, 2.75) is 44.6 Å². The van der Waals surface area contributed by atoms with Gasteiger partial charge in [-0.25, -0.2) is 4.79 Å². The minimum absolute atomic E-state index is 0.0556. The first-order chi connectivity index (χ1) is 13.1. The van der Waals surface area contributed by atoms with Crippen LogP contribution >= 0.6 is 0 Å². The van der Waals surface area contributed by atoms with Gasteiger partial charge in [-0.3, -0.25) is 4.99 Å². The molecule has 0 spiro atoms. The molecular formula is C22H24NO4-. The third-order valence-corrected chi connectivity index (χ3v) is 4.96. The minimum atomic E-state index is -1.08. The summed E-state index contributed by atoms with van der Waals surface area (Å²) in [4.78, 5) is 15.1. The van der Waals surface area contributed by atoms with Crippen LogP contribution in [0.15, 0.2) is 53.5 Å². The zero-order valence-electron chi connectivity index (χ0n) is 15.4. The van der Waals surface area contributed by atoms with E-state index in [1.165, 1.54) is 0 Å². The van der Waals surface area contributed by atoms with Crippen LogP contribution in [0.4, 0.5) is 0 Å². The Morgan fingerprint density at radius 1 is 1.11 bits per heavy atom. The zero-order chi connectivity index (χ0) is 19.2. The molecule has 5 heteroatoms. The van der Waals surface area contributed by atoms with Crippen LogP contribution in [0.3, 0.4) is 0 Å². The van der Waals surface area contributed by atoms with Crippen LogP contribution in [0, 0.1) is 0 Å². The Labute approximate surface area is 159 Å². The van der Waals surface area contributed by atoms with E-state index in [4.69, 9.17) is 4.74 Å². The van der Waals surface area contributed by atoms with Gasteiger partial charge in [-0.05, 0) is 28.7 Å². The van der Waals surface area contributed by atoms with E-state index < -0.39 is 18.1 Å². The molecule has 0 saturated carbocycles. The fraction of sp³-hybridized carbons (Fsp3) is 0.364. The van der Waals surface area contributed by atoms with Gasteiger partial charge in [0.05, 0.1) is 0 Å². The van der Waals surface area contributed by atoms with Crippen molar-refractivity contribution in [3.05, 3.63) is 59.7 Å². The van der Waals surface area contributed by atoms with Crippen molar-refractivity contribution >= 4 is 12.1 Å². The van der Waals surface area contributed by atoms with Crippen molar-refractivity contribution in [2.75, 3.05) is 6.61 Å². The van der Waals surface area contributed by atoms with Crippen LogP contribution in [0.2, 0.25) is 0 Å². The van der Waals surface area contributed by atoms with E-state index in [1.54, 1.807) is 0 Å². The number of ether oxygens (including phenoxy) is 1. The van der Waals surface area contributed by atoms with E-state index in [2.05, 4.69) is 17.1 Å². The summed E-state index contributed by atoms with van der Waals surface area (Å²) in [7, 11) is 0. The van der Waals surface area contributed by atoms with Crippen molar-refractivity contribution in [2.24, 2.45) is 4.99 Å². The van der Waals surface area contributed by atoms with Gasteiger partial charge in [0.2, 0.25) is 0 Å². The average molecular weight is 366 g/mol. The number of unbranched alkanes of at least 4 members (excludes halogenated alkanes) is 2. The maximum atomic E-state index is 12.1. The summed E-state index contributed by atoms with van der Waals surface area (Å²) in [6, 6.07) is 15.1. The normalized spacial score (nSPS) is 14.5. The summed E-state index contributed by atoms with van der Waals surface area (Å²) < 4.78 is 5.36. The molecule has 5 nitrogen and oxygen atoms in total. The molecule has 3 rings (SSSR count). The second kappa shape index (κ2) is 8.71. The maximum Gasteiger partial charge on any atom is 0.328 e. The van der Waals surface area contributed by atoms with Crippen LogP contribution in [0.25, 0.3) is 11.1 Å². The van der Waals surface area contributed by atoms with Crippen LogP contribution in [-0.4, -0.2) is 29.8 Å². The Hall–Kier alpha value is -2.82. The van der Waals surface area contributed by atoms with Crippen LogP contribution in [-0.2, 0) is 9.53 Å². The fourth-order valence-corrected chi connectivity index (χ4v) is 3.59. The molecule has 2 aromatic carbocycles. The number of rotatable bonds is 8. The zero-order valence-corrected chi connectivity index (χ0v) is 15.4. The molecule has 142 valence electrons. The lowest BCUT2D eigenvalue weighted by atomic mass is 9.98. The highest BCUT2D eigenvalue weighted by atomic mass is 16.6. The van der Waals surface area contributed by atoms with Gasteiger partial charge in [-0.1, -0.05) is 74.7 Å². The first kappa shape index (κ1) is 19.0. The van der Waals surface area contributed by atoms with Gasteiger partial charge in [0.15, 0.2) is 0 Å². The largest absolute Gasteiger partial charge is 0.599 e. The molecule has 27 heavy (non-hydrogen) atoms. The number of fused-ring (bicyclic) bond motifs is 3. The molecular weight excluding hydrogens is 342 g/mol. The molecule has 0 aromatic heterocycles. The maximum absolute atomic E-state index is 12.1. The van der Waals surface area contributed by atoms with Gasteiger partial charge < -0.3 is 14.9 Å². The summed E-state index contributed by atoms with van der Waals surface area (Å²) >= 11 is 0. The number of carboxylic acid groups (broad SMARTS) is 1. The molecule has 0 amide bonds. The minimum Gasteiger partial charge on any atom is -0.599 e. The highest BCUT2D eigenvalue weighted by Crippen LogP contribution is 2.44. The highest BCUT2D eigenvalue weighted by Gasteiger charge is 2.27. The Morgan fingerprint density at radius 2 is 1.70 bits per heavy atom. The Morgan fingerprint density at radius 3 is 2.26 bits per heavy atom. The van der Waals surface area contributed by atoms with E-state index >= 15 is 0 Å². The van der Waals surface area contributed by atoms with E-state index in [1.807, 2.05) is 43.3 Å². The summed E-state index contributed by atoms with van der Waals surface area (Å²) in [5.41, 5.74) is 4.52. The fourth-order valence-electron chi connectivity index (χ4n) is 3.59. The number of aliphatic imine (C=N–C) groups is 1. The highest BCUT2D eigenvalue weighted by molar-refractivity contribution is 5.79. The second-order valence-corrected chi connectivity index (χ2v) is 6.78. The van der Waals surface area contributed by atoms with Gasteiger partial charge in [0, 0.05) is 12.5 Å². The van der Waals surface area contributed by atoms with E-state index in [-0.39, 0.29) is 12.5 Å². The van der Waals surface area contributed by atoms with Crippen molar-refractivity contribution in [3.8, 4) is 11.1 Å². The topological polar surface area (TPSA) is 82.0 Å². The first-order valence-corrected chi connectivity index (χ1v) is 9.40. The van der Waals surface area contributed by atoms with Crippen molar-refractivity contribution in [1.82, 2.24) is 0 Å². The number of benzene rings is 2. The quantitative estimate of drug-likeness (QED) is 0.440. The van der Waals surface area contributed by atoms with Crippen molar-refractivity contribution in [3.63, 3.8) is 0 Å². The number of aliphatic carboxylic acids is 1. The molecule has 0 saturated heterocycles. The van der Waals surface area contributed by atoms with Gasteiger partial charge >= 0.3 is 5.97 Å². The monoisotopic (exact) mass is 366 g/mol. The SMILES string of the molecule is CCCCC[C@@H](N=C([O-])OCC1c2ccccc2-c2ccccc21)C(=O)O. The Kier molecular flexibility index (Phi) is 6.12. The number of carboxylic acids is 1. The number of hydrogen-bond acceptors (Lipinski definition) is 4. The van der Waals surface area contributed by atoms with Gasteiger partial charge in [0.1, 0.15) is 12.1 Å². The molecule has 0 unspecified atom stereocenters. The predicted octanol–water partition coefficient (Wildman–Crippen LogP) is 3.57. The van der Waals surface area contributed by atoms with Crippen molar-refractivity contribution < 1.29 is 19.7 Å². The molecule has 0 fully saturated rings. The molecule has 1 N–H and O–H groups in total. The van der Waals surface area contributed by atoms with E-state index in [9.17, 15) is 15.0 Å². The van der Waals surface area contributed by atoms with Gasteiger partial charge in [-0.2, -0.15) is 0 Å². The molecule has 0 radical (unpaired) electrons. The Balaban J connectivity index is 1.71. The van der Waals surface area contributed by atoms with Crippen LogP contribution in [0.5, 0.6) is 0 Å². The van der Waals surface area contributed by atoms with Crippen LogP contribution < -0.4 is 5.11 Å². The van der Waals surface area contributed by atoms with E-state index in [0.29, 0.717) is 6.42 Å². The number of nitrogens with zero attached hydrogens (tertiary/aromatic N) is 1. The molecule has 1 atom stereocenters. The summed E-state index contributed by atoms with van der Waals surface area (Å²) in [5, 5.41) is 21.4. The standard InChI is InChI=1S/C22H25NO4/c1-2-3-4-13-20(21(24)25)23-22(26)27-14-19-17-11-7-5-9-15(17)16-10-6-8-12-18(16)19/h5-12,19-20H,2-4,13-14H2,1H3,(H,23,26)(H,24,25)/p-1/t20-/m1/s1. The van der Waals surface area contributed by atoms with Gasteiger partial charge in [0.25, 0.3) is 0 Å². The van der Waals surface area contributed by atoms with Crippen LogP contribution in [0.1, 0.15) is 49.7 Å². The third-order valence-electron chi connectivity index (χ3n) is 4.96. The third kappa shape index (κ3) is 4.30. The first-order valence-electron chi connectivity index (χ1n) is 9.40. The molecule has 0 bridgehead atoms. The van der Waals surface area contributed by atoms with E-state index in [0.717, 1.165) is 41.5 Å². The summed E-state index contributed by atoms with van der Waals surface area (Å²) in [6.45, 7) is 2.19. The molecule has 1 aliphatic rings. The summed E-state index contributed by atoms with van der Waals surface area (Å²) in [6.07, 6.45) is 2.18. The number of hydrogen-bond donors (Lipinski definition) is 1. The lowest BCUT2D eigenvalue weighted by molar-refractivity contribution is -0.251. The van der Waals surface area contributed by atoms with Gasteiger partial charge in [-0.15, -0.1) is 0 Å². The average Bonchev–Trinajstić information content (AvgIpc) is 2.99. The smallest absolute Gasteiger partial charge is 0.328 e. The lowest BCUT2D eigenvalue weighted by Crippen LogP contribution is -2.29. The second-order valence-electron chi connectivity index (χ2n) is 6.78. The predicted molar refractivity (Wildman–Crippen MR) is 103 cm³/mol. The summed E-state index contributed by atoms with van der Waals surface area (Å²) in [5.74, 6) is -1.14. The molecule has 2 aromatic rings. The lowest BCUT2D eigenvalue weighted by Gasteiger charge is -2.22. The van der Waals surface area contributed by atoms with Crippen molar-refractivity contribution in [1.29, 1.82) is 0 Å². The Bertz CT molecular complexity index is 785. The molecule has 1 aliphatic carbocycles. The number of carbonyl (C=O) groups is 1. The molecule has 0 aliphatic heterocycles. The molecule has 0 heterocycles.